The van der Waals surface area contributed by atoms with E-state index in [4.69, 9.17) is 26.3 Å². The molecule has 0 heterocycles. The summed E-state index contributed by atoms with van der Waals surface area (Å²) in [6, 6.07) is 1.69. The molecule has 0 aliphatic carbocycles. The van der Waals surface area contributed by atoms with Crippen LogP contribution in [0.2, 0.25) is 5.02 Å². The number of ether oxygens (including phenoxy) is 2. The van der Waals surface area contributed by atoms with Crippen molar-refractivity contribution in [3.63, 3.8) is 0 Å². The van der Waals surface area contributed by atoms with Crippen molar-refractivity contribution in [3.05, 3.63) is 21.1 Å². The van der Waals surface area contributed by atoms with Gasteiger partial charge in [-0.15, -0.1) is 0 Å². The maximum atomic E-state index is 8.68. The molecule has 0 saturated carbocycles. The third kappa shape index (κ3) is 2.55. The number of hydroxylamine groups is 1. The zero-order chi connectivity index (χ0) is 11.4. The van der Waals surface area contributed by atoms with E-state index in [1.54, 1.807) is 6.07 Å². The molecule has 1 rings (SSSR count). The first kappa shape index (κ1) is 12.6. The first-order valence-corrected chi connectivity index (χ1v) is 5.28. The molecule has 0 saturated heterocycles. The molecule has 0 aromatic heterocycles. The van der Waals surface area contributed by atoms with Gasteiger partial charge in [-0.2, -0.15) is 0 Å². The molecule has 0 radical (unpaired) electrons. The molecule has 0 atom stereocenters. The Labute approximate surface area is 101 Å². The Kier molecular flexibility index (Phi) is 4.66. The second-order valence-corrected chi connectivity index (χ2v) is 3.98. The molecule has 0 spiro atoms. The van der Waals surface area contributed by atoms with Crippen LogP contribution in [-0.2, 0) is 6.54 Å². The Morgan fingerprint density at radius 1 is 1.40 bits per heavy atom. The lowest BCUT2D eigenvalue weighted by atomic mass is 10.2. The highest BCUT2D eigenvalue weighted by Gasteiger charge is 2.17. The fourth-order valence-corrected chi connectivity index (χ4v) is 2.23. The Balaban J connectivity index is 3.35. The van der Waals surface area contributed by atoms with Gasteiger partial charge < -0.3 is 14.7 Å². The summed E-state index contributed by atoms with van der Waals surface area (Å²) in [7, 11) is 3.05. The van der Waals surface area contributed by atoms with Gasteiger partial charge >= 0.3 is 0 Å². The number of nitrogens with one attached hydrogen (secondary N) is 1. The number of rotatable bonds is 4. The quantitative estimate of drug-likeness (QED) is 0.839. The van der Waals surface area contributed by atoms with E-state index in [0.717, 1.165) is 0 Å². The molecule has 4 nitrogen and oxygen atoms in total. The van der Waals surface area contributed by atoms with Gasteiger partial charge in [0.25, 0.3) is 0 Å². The van der Waals surface area contributed by atoms with Crippen LogP contribution in [0.4, 0.5) is 0 Å². The molecular weight excluding hydrogens is 285 g/mol. The topological polar surface area (TPSA) is 50.7 Å². The maximum absolute atomic E-state index is 8.68. The average molecular weight is 297 g/mol. The lowest BCUT2D eigenvalue weighted by molar-refractivity contribution is 0.160. The summed E-state index contributed by atoms with van der Waals surface area (Å²) in [5, 5.41) is 9.17. The van der Waals surface area contributed by atoms with Gasteiger partial charge in [-0.3, -0.25) is 0 Å². The lowest BCUT2D eigenvalue weighted by Gasteiger charge is -2.15. The molecule has 0 amide bonds. The van der Waals surface area contributed by atoms with Crippen LogP contribution in [0.15, 0.2) is 10.5 Å². The first-order chi connectivity index (χ1) is 7.15. The van der Waals surface area contributed by atoms with Crippen LogP contribution < -0.4 is 15.0 Å². The predicted molar refractivity (Wildman–Crippen MR) is 60.9 cm³/mol. The summed E-state index contributed by atoms with van der Waals surface area (Å²) < 4.78 is 11.1. The molecular formula is C9H11BrClNO3. The summed E-state index contributed by atoms with van der Waals surface area (Å²) in [5.41, 5.74) is 2.68. The van der Waals surface area contributed by atoms with E-state index in [9.17, 15) is 0 Å². The Morgan fingerprint density at radius 2 is 2.00 bits per heavy atom. The van der Waals surface area contributed by atoms with E-state index in [0.29, 0.717) is 26.6 Å². The van der Waals surface area contributed by atoms with Crippen LogP contribution in [-0.4, -0.2) is 19.4 Å². The molecule has 0 aliphatic heterocycles. The summed E-state index contributed by atoms with van der Waals surface area (Å²) in [6.07, 6.45) is 0. The summed E-state index contributed by atoms with van der Waals surface area (Å²) in [5.74, 6) is 1.05. The molecule has 1 aromatic rings. The number of benzene rings is 1. The van der Waals surface area contributed by atoms with Crippen molar-refractivity contribution in [2.45, 2.75) is 6.54 Å². The molecule has 0 bridgehead atoms. The normalized spacial score (nSPS) is 10.2. The van der Waals surface area contributed by atoms with E-state index < -0.39 is 0 Å². The highest BCUT2D eigenvalue weighted by Crippen LogP contribution is 2.41. The lowest BCUT2D eigenvalue weighted by Crippen LogP contribution is -2.09. The van der Waals surface area contributed by atoms with E-state index in [-0.39, 0.29) is 6.54 Å². The molecule has 0 fully saturated rings. The van der Waals surface area contributed by atoms with E-state index in [2.05, 4.69) is 15.9 Å². The number of methoxy groups -OCH3 is 2. The Bertz CT molecular complexity index is 360. The summed E-state index contributed by atoms with van der Waals surface area (Å²) in [6.45, 7) is 0.186. The summed E-state index contributed by atoms with van der Waals surface area (Å²) >= 11 is 9.32. The largest absolute Gasteiger partial charge is 0.492 e. The van der Waals surface area contributed by atoms with Gasteiger partial charge in [0.1, 0.15) is 0 Å². The van der Waals surface area contributed by atoms with Gasteiger partial charge in [0.15, 0.2) is 11.5 Å². The monoisotopic (exact) mass is 295 g/mol. The minimum Gasteiger partial charge on any atom is -0.492 e. The van der Waals surface area contributed by atoms with Crippen molar-refractivity contribution >= 4 is 27.5 Å². The maximum Gasteiger partial charge on any atom is 0.175 e. The molecule has 15 heavy (non-hydrogen) atoms. The van der Waals surface area contributed by atoms with Crippen molar-refractivity contribution in [2.75, 3.05) is 14.2 Å². The van der Waals surface area contributed by atoms with Crippen molar-refractivity contribution in [1.82, 2.24) is 5.48 Å². The highest BCUT2D eigenvalue weighted by atomic mass is 79.9. The first-order valence-electron chi connectivity index (χ1n) is 4.11. The van der Waals surface area contributed by atoms with Crippen LogP contribution in [0.25, 0.3) is 0 Å². The number of hydrogen-bond acceptors (Lipinski definition) is 4. The molecule has 2 N–H and O–H groups in total. The van der Waals surface area contributed by atoms with Crippen LogP contribution >= 0.6 is 27.5 Å². The van der Waals surface area contributed by atoms with Crippen molar-refractivity contribution < 1.29 is 14.7 Å². The second kappa shape index (κ2) is 5.55. The average Bonchev–Trinajstić information content (AvgIpc) is 2.21. The SMILES string of the molecule is COc1c(Br)cc(Cl)c(CNO)c1OC. The van der Waals surface area contributed by atoms with Gasteiger partial charge in [0, 0.05) is 5.56 Å². The fraction of sp³-hybridized carbons (Fsp3) is 0.333. The molecule has 84 valence electrons. The minimum atomic E-state index is 0.186. The number of halogens is 2. The second-order valence-electron chi connectivity index (χ2n) is 2.72. The van der Waals surface area contributed by atoms with Crippen LogP contribution in [0, 0.1) is 0 Å². The Hall–Kier alpha value is -0.490. The van der Waals surface area contributed by atoms with E-state index in [1.165, 1.54) is 14.2 Å². The molecule has 6 heteroatoms. The van der Waals surface area contributed by atoms with E-state index >= 15 is 0 Å². The van der Waals surface area contributed by atoms with E-state index in [1.807, 2.05) is 5.48 Å². The third-order valence-electron chi connectivity index (χ3n) is 1.90. The zero-order valence-electron chi connectivity index (χ0n) is 8.30. The van der Waals surface area contributed by atoms with Gasteiger partial charge in [-0.1, -0.05) is 11.6 Å². The van der Waals surface area contributed by atoms with Crippen molar-refractivity contribution in [1.29, 1.82) is 0 Å². The standard InChI is InChI=1S/C9H11BrClNO3/c1-14-8-5(4-12-13)7(11)3-6(10)9(8)15-2/h3,12-13H,4H2,1-2H3. The number of hydrogen-bond donors (Lipinski definition) is 2. The van der Waals surface area contributed by atoms with Crippen LogP contribution in [0.3, 0.4) is 0 Å². The van der Waals surface area contributed by atoms with Gasteiger partial charge in [0.2, 0.25) is 0 Å². The van der Waals surface area contributed by atoms with Gasteiger partial charge in [-0.25, -0.2) is 5.48 Å². The third-order valence-corrected chi connectivity index (χ3v) is 2.83. The minimum absolute atomic E-state index is 0.186. The van der Waals surface area contributed by atoms with Gasteiger partial charge in [0.05, 0.1) is 30.3 Å². The summed E-state index contributed by atoms with van der Waals surface area (Å²) in [4.78, 5) is 0. The van der Waals surface area contributed by atoms with Crippen LogP contribution in [0.1, 0.15) is 5.56 Å². The van der Waals surface area contributed by atoms with Crippen molar-refractivity contribution in [2.24, 2.45) is 0 Å². The highest BCUT2D eigenvalue weighted by molar-refractivity contribution is 9.10. The zero-order valence-corrected chi connectivity index (χ0v) is 10.6. The van der Waals surface area contributed by atoms with Crippen LogP contribution in [0.5, 0.6) is 11.5 Å². The Morgan fingerprint density at radius 3 is 2.47 bits per heavy atom. The van der Waals surface area contributed by atoms with Gasteiger partial charge in [-0.05, 0) is 22.0 Å². The predicted octanol–water partition coefficient (Wildman–Crippen LogP) is 2.60. The molecule has 0 aliphatic rings. The smallest absolute Gasteiger partial charge is 0.175 e. The fourth-order valence-electron chi connectivity index (χ4n) is 1.27. The molecule has 1 aromatic carbocycles. The van der Waals surface area contributed by atoms with Crippen molar-refractivity contribution in [3.8, 4) is 11.5 Å². The molecule has 0 unspecified atom stereocenters.